The van der Waals surface area contributed by atoms with Crippen LogP contribution in [0.2, 0.25) is 0 Å². The first kappa shape index (κ1) is 15.8. The third kappa shape index (κ3) is 3.74. The zero-order valence-electron chi connectivity index (χ0n) is 12.9. The van der Waals surface area contributed by atoms with Crippen LogP contribution in [-0.2, 0) is 0 Å². The molecular weight excluding hydrogens is 248 g/mol. The van der Waals surface area contributed by atoms with Crippen molar-refractivity contribution >= 4 is 0 Å². The molecular formula is C17H30N2O. The van der Waals surface area contributed by atoms with Gasteiger partial charge < -0.3 is 5.11 Å². The van der Waals surface area contributed by atoms with Crippen LogP contribution in [0.3, 0.4) is 0 Å². The molecule has 0 aliphatic heterocycles. The van der Waals surface area contributed by atoms with E-state index < -0.39 is 0 Å². The molecule has 2 aliphatic rings. The van der Waals surface area contributed by atoms with Crippen LogP contribution in [0.1, 0.15) is 64.7 Å². The Morgan fingerprint density at radius 1 is 1.20 bits per heavy atom. The fraction of sp³-hybridized carbons (Fsp3) is 0.941. The number of aliphatic hydroxyl groups excluding tert-OH is 1. The summed E-state index contributed by atoms with van der Waals surface area (Å²) in [5.74, 6) is 0.965. The Morgan fingerprint density at radius 3 is 2.55 bits per heavy atom. The van der Waals surface area contributed by atoms with E-state index in [0.717, 1.165) is 18.9 Å². The number of hydrogen-bond acceptors (Lipinski definition) is 3. The van der Waals surface area contributed by atoms with Gasteiger partial charge in [-0.05, 0) is 38.0 Å². The smallest absolute Gasteiger partial charge is 0.0672 e. The summed E-state index contributed by atoms with van der Waals surface area (Å²) in [5.41, 5.74) is 0. The molecule has 0 aromatic rings. The zero-order chi connectivity index (χ0) is 14.4. The largest absolute Gasteiger partial charge is 0.395 e. The van der Waals surface area contributed by atoms with E-state index in [0.29, 0.717) is 12.1 Å². The third-order valence-corrected chi connectivity index (χ3v) is 5.37. The lowest BCUT2D eigenvalue weighted by Gasteiger charge is -2.43. The van der Waals surface area contributed by atoms with Gasteiger partial charge in [0.05, 0.1) is 18.6 Å². The van der Waals surface area contributed by atoms with Crippen LogP contribution in [0.5, 0.6) is 0 Å². The number of aliphatic hydroxyl groups is 1. The Bertz CT molecular complexity index is 319. The van der Waals surface area contributed by atoms with Crippen molar-refractivity contribution in [3.05, 3.63) is 0 Å². The number of nitriles is 1. The maximum Gasteiger partial charge on any atom is 0.0672 e. The van der Waals surface area contributed by atoms with Crippen molar-refractivity contribution in [1.82, 2.24) is 4.90 Å². The quantitative estimate of drug-likeness (QED) is 0.810. The summed E-state index contributed by atoms with van der Waals surface area (Å²) in [7, 11) is 0. The highest BCUT2D eigenvalue weighted by molar-refractivity contribution is 4.99. The van der Waals surface area contributed by atoms with Gasteiger partial charge >= 0.3 is 0 Å². The second-order valence-corrected chi connectivity index (χ2v) is 6.67. The molecule has 0 aromatic heterocycles. The van der Waals surface area contributed by atoms with Crippen LogP contribution in [0.15, 0.2) is 0 Å². The van der Waals surface area contributed by atoms with Gasteiger partial charge in [-0.25, -0.2) is 0 Å². The summed E-state index contributed by atoms with van der Waals surface area (Å²) < 4.78 is 0. The molecule has 2 saturated carbocycles. The van der Waals surface area contributed by atoms with Crippen molar-refractivity contribution in [2.75, 3.05) is 13.2 Å². The van der Waals surface area contributed by atoms with Crippen molar-refractivity contribution in [2.45, 2.75) is 76.8 Å². The van der Waals surface area contributed by atoms with Crippen LogP contribution in [0, 0.1) is 23.2 Å². The topological polar surface area (TPSA) is 47.3 Å². The molecule has 20 heavy (non-hydrogen) atoms. The molecule has 0 spiro atoms. The molecule has 2 aliphatic carbocycles. The van der Waals surface area contributed by atoms with Gasteiger partial charge in [-0.2, -0.15) is 5.26 Å². The maximum atomic E-state index is 9.50. The summed E-state index contributed by atoms with van der Waals surface area (Å²) in [6.45, 7) is 3.24. The summed E-state index contributed by atoms with van der Waals surface area (Å²) in [5, 5.41) is 18.9. The molecule has 0 radical (unpaired) electrons. The summed E-state index contributed by atoms with van der Waals surface area (Å²) >= 11 is 0. The Hall–Kier alpha value is -0.590. The second-order valence-electron chi connectivity index (χ2n) is 6.67. The van der Waals surface area contributed by atoms with Crippen LogP contribution in [0.25, 0.3) is 0 Å². The monoisotopic (exact) mass is 278 g/mol. The molecule has 3 heteroatoms. The summed E-state index contributed by atoms with van der Waals surface area (Å²) in [6.07, 6.45) is 11.1. The average Bonchev–Trinajstić information content (AvgIpc) is 2.99. The van der Waals surface area contributed by atoms with Gasteiger partial charge in [0.2, 0.25) is 0 Å². The van der Waals surface area contributed by atoms with Crippen molar-refractivity contribution in [2.24, 2.45) is 11.8 Å². The Balaban J connectivity index is 2.07. The number of rotatable bonds is 6. The fourth-order valence-electron chi connectivity index (χ4n) is 4.39. The van der Waals surface area contributed by atoms with E-state index >= 15 is 0 Å². The fourth-order valence-corrected chi connectivity index (χ4v) is 4.39. The van der Waals surface area contributed by atoms with E-state index in [2.05, 4.69) is 17.9 Å². The molecule has 3 atom stereocenters. The number of nitrogens with zero attached hydrogens (tertiary/aromatic N) is 2. The molecule has 1 N–H and O–H groups in total. The van der Waals surface area contributed by atoms with Crippen LogP contribution < -0.4 is 0 Å². The maximum absolute atomic E-state index is 9.50. The number of hydrogen-bond donors (Lipinski definition) is 1. The predicted octanol–water partition coefficient (Wildman–Crippen LogP) is 3.33. The second kappa shape index (κ2) is 8.00. The lowest BCUT2D eigenvalue weighted by atomic mass is 9.76. The van der Waals surface area contributed by atoms with Crippen LogP contribution in [0.4, 0.5) is 0 Å². The molecule has 2 rings (SSSR count). The summed E-state index contributed by atoms with van der Waals surface area (Å²) in [4.78, 5) is 2.50. The van der Waals surface area contributed by atoms with E-state index in [4.69, 9.17) is 0 Å². The normalized spacial score (nSPS) is 31.6. The van der Waals surface area contributed by atoms with E-state index in [1.807, 2.05) is 0 Å². The molecule has 3 unspecified atom stereocenters. The van der Waals surface area contributed by atoms with Crippen LogP contribution >= 0.6 is 0 Å². The molecule has 0 aromatic carbocycles. The van der Waals surface area contributed by atoms with Gasteiger partial charge in [-0.15, -0.1) is 0 Å². The van der Waals surface area contributed by atoms with Crippen LogP contribution in [-0.4, -0.2) is 35.2 Å². The molecule has 0 heterocycles. The highest BCUT2D eigenvalue weighted by Crippen LogP contribution is 2.37. The van der Waals surface area contributed by atoms with Gasteiger partial charge in [0.25, 0.3) is 0 Å². The molecule has 2 fully saturated rings. The van der Waals surface area contributed by atoms with E-state index in [1.165, 1.54) is 51.4 Å². The molecule has 114 valence electrons. The van der Waals surface area contributed by atoms with Gasteiger partial charge in [-0.3, -0.25) is 4.90 Å². The van der Waals surface area contributed by atoms with Crippen molar-refractivity contribution in [3.8, 4) is 6.07 Å². The highest BCUT2D eigenvalue weighted by atomic mass is 16.3. The Labute approximate surface area is 124 Å². The Kier molecular flexibility index (Phi) is 6.32. The minimum absolute atomic E-state index is 0.176. The van der Waals surface area contributed by atoms with E-state index in [9.17, 15) is 10.4 Å². The first-order valence-electron chi connectivity index (χ1n) is 8.56. The lowest BCUT2D eigenvalue weighted by Crippen LogP contribution is -2.49. The zero-order valence-corrected chi connectivity index (χ0v) is 12.9. The average molecular weight is 278 g/mol. The van der Waals surface area contributed by atoms with Gasteiger partial charge in [-0.1, -0.05) is 32.6 Å². The van der Waals surface area contributed by atoms with Gasteiger partial charge in [0, 0.05) is 18.6 Å². The standard InChI is InChI=1S/C17H30N2O/c1-2-5-14-8-9-15(13-18)17(12-14)19(10-11-20)16-6-3-4-7-16/h14-17,20H,2-12H2,1H3. The predicted molar refractivity (Wildman–Crippen MR) is 81.2 cm³/mol. The molecule has 0 amide bonds. The first-order chi connectivity index (χ1) is 9.80. The molecule has 0 saturated heterocycles. The molecule has 3 nitrogen and oxygen atoms in total. The van der Waals surface area contributed by atoms with E-state index in [-0.39, 0.29) is 12.5 Å². The van der Waals surface area contributed by atoms with Gasteiger partial charge in [0.1, 0.15) is 0 Å². The Morgan fingerprint density at radius 2 is 1.95 bits per heavy atom. The minimum atomic E-state index is 0.176. The minimum Gasteiger partial charge on any atom is -0.395 e. The van der Waals surface area contributed by atoms with Crippen molar-refractivity contribution in [3.63, 3.8) is 0 Å². The van der Waals surface area contributed by atoms with E-state index in [1.54, 1.807) is 0 Å². The highest BCUT2D eigenvalue weighted by Gasteiger charge is 2.37. The SMILES string of the molecule is CCCC1CCC(C#N)C(N(CCO)C2CCCC2)C1. The van der Waals surface area contributed by atoms with Crippen molar-refractivity contribution < 1.29 is 5.11 Å². The first-order valence-corrected chi connectivity index (χ1v) is 8.56. The summed E-state index contributed by atoms with van der Waals surface area (Å²) in [6, 6.07) is 3.56. The molecule has 0 bridgehead atoms. The van der Waals surface area contributed by atoms with Gasteiger partial charge in [0.15, 0.2) is 0 Å². The lowest BCUT2D eigenvalue weighted by molar-refractivity contribution is 0.0464. The third-order valence-electron chi connectivity index (χ3n) is 5.37. The van der Waals surface area contributed by atoms with Crippen molar-refractivity contribution in [1.29, 1.82) is 5.26 Å².